The minimum Gasteiger partial charge on any atom is -0.493 e. The molecule has 1 aromatic carbocycles. The van der Waals surface area contributed by atoms with E-state index < -0.39 is 9.84 Å². The average molecular weight is 241 g/mol. The summed E-state index contributed by atoms with van der Waals surface area (Å²) in [5, 5.41) is 0. The molecule has 0 saturated carbocycles. The van der Waals surface area contributed by atoms with E-state index in [2.05, 4.69) is 0 Å². The van der Waals surface area contributed by atoms with Crippen LogP contribution >= 0.6 is 0 Å². The summed E-state index contributed by atoms with van der Waals surface area (Å²) in [5.41, 5.74) is 6.19. The normalized spacial score (nSPS) is 17.1. The van der Waals surface area contributed by atoms with E-state index in [-0.39, 0.29) is 5.75 Å². The molecule has 88 valence electrons. The van der Waals surface area contributed by atoms with Crippen molar-refractivity contribution in [3.8, 4) is 5.75 Å². The van der Waals surface area contributed by atoms with E-state index in [1.165, 1.54) is 0 Å². The van der Waals surface area contributed by atoms with Gasteiger partial charge in [0.1, 0.15) is 5.75 Å². The minimum absolute atomic E-state index is 0.194. The van der Waals surface area contributed by atoms with Gasteiger partial charge >= 0.3 is 0 Å². The van der Waals surface area contributed by atoms with Crippen LogP contribution in [0.3, 0.4) is 0 Å². The Balaban J connectivity index is 2.26. The Morgan fingerprint density at radius 3 is 2.94 bits per heavy atom. The van der Waals surface area contributed by atoms with Crippen molar-refractivity contribution < 1.29 is 13.2 Å². The minimum atomic E-state index is -3.06. The Bertz CT molecular complexity index is 482. The summed E-state index contributed by atoms with van der Waals surface area (Å²) in [6.07, 6.45) is 1.33. The number of benzene rings is 1. The Morgan fingerprint density at radius 1 is 1.38 bits per heavy atom. The van der Waals surface area contributed by atoms with Crippen LogP contribution in [0.4, 0.5) is 0 Å². The highest BCUT2D eigenvalue weighted by molar-refractivity contribution is 7.91. The summed E-state index contributed by atoms with van der Waals surface area (Å²) in [7, 11) is -3.06. The van der Waals surface area contributed by atoms with Gasteiger partial charge in [-0.3, -0.25) is 0 Å². The number of fused-ring (bicyclic) bond motifs is 1. The second-order valence-corrected chi connectivity index (χ2v) is 5.87. The zero-order chi connectivity index (χ0) is 11.6. The summed E-state index contributed by atoms with van der Waals surface area (Å²) in [5.74, 6) is 0.881. The second kappa shape index (κ2) is 4.43. The Kier molecular flexibility index (Phi) is 3.16. The quantitative estimate of drug-likeness (QED) is 0.789. The van der Waals surface area contributed by atoms with Crippen LogP contribution in [-0.4, -0.2) is 27.3 Å². The molecule has 2 rings (SSSR count). The molecule has 5 heteroatoms. The van der Waals surface area contributed by atoms with Crippen LogP contribution in [0.5, 0.6) is 5.75 Å². The number of ether oxygens (including phenoxy) is 1. The zero-order valence-electron chi connectivity index (χ0n) is 8.98. The van der Waals surface area contributed by atoms with Gasteiger partial charge in [0.25, 0.3) is 0 Å². The van der Waals surface area contributed by atoms with Crippen molar-refractivity contribution in [1.29, 1.82) is 0 Å². The Morgan fingerprint density at radius 2 is 2.19 bits per heavy atom. The molecule has 0 saturated heterocycles. The lowest BCUT2D eigenvalue weighted by Gasteiger charge is -2.09. The van der Waals surface area contributed by atoms with Crippen molar-refractivity contribution in [3.63, 3.8) is 0 Å². The van der Waals surface area contributed by atoms with E-state index in [9.17, 15) is 8.42 Å². The Hall–Kier alpha value is -1.07. The molecule has 2 N–H and O–H groups in total. The lowest BCUT2D eigenvalue weighted by Crippen LogP contribution is -2.07. The zero-order valence-corrected chi connectivity index (χ0v) is 9.79. The molecule has 0 aliphatic carbocycles. The molecule has 4 nitrogen and oxygen atoms in total. The molecule has 0 radical (unpaired) electrons. The van der Waals surface area contributed by atoms with E-state index in [1.807, 2.05) is 6.07 Å². The number of hydrogen-bond acceptors (Lipinski definition) is 4. The molecule has 1 heterocycles. The van der Waals surface area contributed by atoms with Gasteiger partial charge in [0, 0.05) is 5.56 Å². The van der Waals surface area contributed by atoms with Crippen LogP contribution in [0.15, 0.2) is 23.1 Å². The predicted molar refractivity (Wildman–Crippen MR) is 61.4 cm³/mol. The molecule has 0 spiro atoms. The average Bonchev–Trinajstić information content (AvgIpc) is 2.57. The van der Waals surface area contributed by atoms with Gasteiger partial charge in [-0.1, -0.05) is 6.07 Å². The van der Waals surface area contributed by atoms with Crippen molar-refractivity contribution in [2.24, 2.45) is 5.73 Å². The van der Waals surface area contributed by atoms with Gasteiger partial charge in [-0.15, -0.1) is 0 Å². The van der Waals surface area contributed by atoms with Crippen LogP contribution in [0.1, 0.15) is 12.0 Å². The van der Waals surface area contributed by atoms with Gasteiger partial charge in [-0.2, -0.15) is 0 Å². The maximum absolute atomic E-state index is 11.7. The van der Waals surface area contributed by atoms with Crippen molar-refractivity contribution >= 4 is 9.84 Å². The van der Waals surface area contributed by atoms with Crippen LogP contribution < -0.4 is 10.5 Å². The first-order valence-corrected chi connectivity index (χ1v) is 6.98. The largest absolute Gasteiger partial charge is 0.493 e. The fourth-order valence-electron chi connectivity index (χ4n) is 1.83. The molecule has 1 aliphatic heterocycles. The first-order valence-electron chi connectivity index (χ1n) is 5.32. The topological polar surface area (TPSA) is 69.4 Å². The first-order chi connectivity index (χ1) is 7.65. The van der Waals surface area contributed by atoms with Crippen LogP contribution in [0, 0.1) is 0 Å². The molecule has 0 bridgehead atoms. The third kappa shape index (κ3) is 2.05. The van der Waals surface area contributed by atoms with E-state index >= 15 is 0 Å². The highest BCUT2D eigenvalue weighted by atomic mass is 32.2. The molecule has 0 amide bonds. The number of rotatable bonds is 4. The SMILES string of the molecule is NCCCOc1cccc2c1CCS2(=O)=O. The smallest absolute Gasteiger partial charge is 0.179 e. The molecule has 0 aromatic heterocycles. The van der Waals surface area contributed by atoms with Crippen molar-refractivity contribution in [2.75, 3.05) is 18.9 Å². The van der Waals surface area contributed by atoms with Crippen LogP contribution in [-0.2, 0) is 16.3 Å². The van der Waals surface area contributed by atoms with E-state index in [4.69, 9.17) is 10.5 Å². The fraction of sp³-hybridized carbons (Fsp3) is 0.455. The monoisotopic (exact) mass is 241 g/mol. The first kappa shape index (κ1) is 11.4. The second-order valence-electron chi connectivity index (χ2n) is 3.79. The van der Waals surface area contributed by atoms with E-state index in [1.54, 1.807) is 12.1 Å². The lowest BCUT2D eigenvalue weighted by atomic mass is 10.1. The van der Waals surface area contributed by atoms with Gasteiger partial charge in [0.05, 0.1) is 17.3 Å². The standard InChI is InChI=1S/C11H15NO3S/c12-6-2-7-15-10-3-1-4-11-9(10)5-8-16(11,13)14/h1,3-4H,2,5-8,12H2. The number of nitrogens with two attached hydrogens (primary N) is 1. The third-order valence-corrected chi connectivity index (χ3v) is 4.45. The van der Waals surface area contributed by atoms with Crippen LogP contribution in [0.2, 0.25) is 0 Å². The van der Waals surface area contributed by atoms with Gasteiger partial charge < -0.3 is 10.5 Å². The Labute approximate surface area is 95.3 Å². The molecule has 1 aliphatic rings. The molecule has 0 unspecified atom stereocenters. The summed E-state index contributed by atoms with van der Waals surface area (Å²) >= 11 is 0. The fourth-order valence-corrected chi connectivity index (χ4v) is 3.39. The van der Waals surface area contributed by atoms with E-state index in [0.717, 1.165) is 12.0 Å². The molecule has 0 atom stereocenters. The summed E-state index contributed by atoms with van der Waals surface area (Å²) in [6, 6.07) is 5.18. The highest BCUT2D eigenvalue weighted by Crippen LogP contribution is 2.32. The van der Waals surface area contributed by atoms with Gasteiger partial charge in [0.15, 0.2) is 9.84 Å². The van der Waals surface area contributed by atoms with Crippen molar-refractivity contribution in [2.45, 2.75) is 17.7 Å². The van der Waals surface area contributed by atoms with Gasteiger partial charge in [-0.05, 0) is 31.5 Å². The summed E-state index contributed by atoms with van der Waals surface area (Å²) in [6.45, 7) is 1.11. The predicted octanol–water partition coefficient (Wildman–Crippen LogP) is 0.744. The molecular weight excluding hydrogens is 226 g/mol. The van der Waals surface area contributed by atoms with Crippen molar-refractivity contribution in [3.05, 3.63) is 23.8 Å². The maximum atomic E-state index is 11.7. The third-order valence-electron chi connectivity index (χ3n) is 2.65. The van der Waals surface area contributed by atoms with Gasteiger partial charge in [0.2, 0.25) is 0 Å². The molecular formula is C11H15NO3S. The number of hydrogen-bond donors (Lipinski definition) is 1. The van der Waals surface area contributed by atoms with E-state index in [0.29, 0.717) is 30.2 Å². The summed E-state index contributed by atoms with van der Waals surface area (Å²) in [4.78, 5) is 0.428. The van der Waals surface area contributed by atoms with Crippen molar-refractivity contribution in [1.82, 2.24) is 0 Å². The van der Waals surface area contributed by atoms with Crippen LogP contribution in [0.25, 0.3) is 0 Å². The highest BCUT2D eigenvalue weighted by Gasteiger charge is 2.28. The number of sulfone groups is 1. The summed E-state index contributed by atoms with van der Waals surface area (Å²) < 4.78 is 28.9. The molecule has 16 heavy (non-hydrogen) atoms. The maximum Gasteiger partial charge on any atom is 0.179 e. The molecule has 0 fully saturated rings. The van der Waals surface area contributed by atoms with Gasteiger partial charge in [-0.25, -0.2) is 8.42 Å². The lowest BCUT2D eigenvalue weighted by molar-refractivity contribution is 0.310. The molecule has 1 aromatic rings.